The minimum atomic E-state index is -0.0164. The third-order valence-corrected chi connectivity index (χ3v) is 4.13. The van der Waals surface area contributed by atoms with Crippen LogP contribution in [0.1, 0.15) is 21.5 Å². The van der Waals surface area contributed by atoms with Crippen LogP contribution in [0.2, 0.25) is 0 Å². The van der Waals surface area contributed by atoms with Gasteiger partial charge in [-0.15, -0.1) is 0 Å². The molecule has 1 aromatic heterocycles. The monoisotopic (exact) mass is 413 g/mol. The fourth-order valence-corrected chi connectivity index (χ4v) is 2.86. The molecule has 0 aliphatic carbocycles. The van der Waals surface area contributed by atoms with Crippen LogP contribution in [0, 0.1) is 0 Å². The van der Waals surface area contributed by atoms with E-state index < -0.39 is 0 Å². The predicted molar refractivity (Wildman–Crippen MR) is 99.7 cm³/mol. The maximum atomic E-state index is 12.2. The van der Waals surface area contributed by atoms with Gasteiger partial charge in [-0.3, -0.25) is 4.79 Å². The summed E-state index contributed by atoms with van der Waals surface area (Å²) in [6.07, 6.45) is 8.22. The zero-order valence-electron chi connectivity index (χ0n) is 13.5. The smallest absolute Gasteiger partial charge is 0.191 e. The molecule has 0 saturated heterocycles. The van der Waals surface area contributed by atoms with E-state index in [0.29, 0.717) is 5.56 Å². The van der Waals surface area contributed by atoms with Gasteiger partial charge in [-0.1, -0.05) is 58.4 Å². The maximum Gasteiger partial charge on any atom is 0.191 e. The van der Waals surface area contributed by atoms with Gasteiger partial charge in [0.15, 0.2) is 24.4 Å². The third kappa shape index (κ3) is 5.66. The van der Waals surface area contributed by atoms with E-state index in [0.717, 1.165) is 10.9 Å². The van der Waals surface area contributed by atoms with Crippen LogP contribution in [0.15, 0.2) is 89.7 Å². The van der Waals surface area contributed by atoms with Crippen molar-refractivity contribution in [2.45, 2.75) is 6.42 Å². The average Bonchev–Trinajstić information content (AvgIpc) is 2.61. The number of aromatic nitrogens is 1. The van der Waals surface area contributed by atoms with Crippen LogP contribution in [0.3, 0.4) is 0 Å². The molecule has 0 N–H and O–H groups in total. The number of benzene rings is 2. The lowest BCUT2D eigenvalue weighted by Crippen LogP contribution is -3.00. The molecule has 1 heterocycles. The van der Waals surface area contributed by atoms with Crippen molar-refractivity contribution in [2.75, 3.05) is 0 Å². The van der Waals surface area contributed by atoms with E-state index >= 15 is 0 Å². The number of allylic oxidation sites excluding steroid dienone is 1. The van der Waals surface area contributed by atoms with Gasteiger partial charge in [-0.25, -0.2) is 0 Å². The summed E-state index contributed by atoms with van der Waals surface area (Å²) in [7, 11) is 0. The van der Waals surface area contributed by atoms with Crippen molar-refractivity contribution >= 4 is 27.9 Å². The molecule has 0 unspecified atom stereocenters. The Hall–Kier alpha value is -2.23. The van der Waals surface area contributed by atoms with Gasteiger partial charge in [0.05, 0.1) is 6.08 Å². The third-order valence-electron chi connectivity index (χ3n) is 3.64. The van der Waals surface area contributed by atoms with Crippen molar-refractivity contribution in [3.63, 3.8) is 0 Å². The van der Waals surface area contributed by atoms with Gasteiger partial charge >= 0.3 is 0 Å². The molecule has 4 heteroatoms. The second-order valence-electron chi connectivity index (χ2n) is 5.51. The van der Waals surface area contributed by atoms with Crippen LogP contribution in [0.25, 0.3) is 6.20 Å². The molecule has 0 saturated carbocycles. The van der Waals surface area contributed by atoms with Gasteiger partial charge in [-0.2, -0.15) is 4.57 Å². The largest absolute Gasteiger partial charge is 1.00 e. The van der Waals surface area contributed by atoms with Crippen LogP contribution >= 0.6 is 15.9 Å². The van der Waals surface area contributed by atoms with Crippen molar-refractivity contribution in [2.24, 2.45) is 0 Å². The summed E-state index contributed by atoms with van der Waals surface area (Å²) in [6.45, 7) is 0. The number of rotatable bonds is 5. The lowest BCUT2D eigenvalue weighted by Gasteiger charge is -1.99. The highest BCUT2D eigenvalue weighted by Crippen LogP contribution is 2.12. The number of hydrogen-bond acceptors (Lipinski definition) is 1. The first-order valence-electron chi connectivity index (χ1n) is 7.72. The van der Waals surface area contributed by atoms with Crippen LogP contribution in [0.4, 0.5) is 0 Å². The molecule has 0 radical (unpaired) electrons. The Morgan fingerprint density at radius 1 is 0.960 bits per heavy atom. The van der Waals surface area contributed by atoms with Crippen molar-refractivity contribution in [1.82, 2.24) is 0 Å². The van der Waals surface area contributed by atoms with E-state index in [-0.39, 0.29) is 18.2 Å². The molecule has 2 aromatic carbocycles. The molecule has 0 atom stereocenters. The average molecular weight is 415 g/mol. The van der Waals surface area contributed by atoms with Crippen molar-refractivity contribution in [1.29, 1.82) is 0 Å². The summed E-state index contributed by atoms with van der Waals surface area (Å²) in [5.74, 6) is -0.0164. The van der Waals surface area contributed by atoms with E-state index in [9.17, 15) is 4.79 Å². The highest BCUT2D eigenvalue weighted by molar-refractivity contribution is 9.10. The molecule has 3 aromatic rings. The molecule has 0 amide bonds. The number of pyridine rings is 1. The first kappa shape index (κ1) is 19.1. The first-order valence-corrected chi connectivity index (χ1v) is 8.52. The number of hydrogen-bond donors (Lipinski definition) is 0. The van der Waals surface area contributed by atoms with Crippen LogP contribution in [0.5, 0.6) is 0 Å². The Balaban J connectivity index is 0.00000225. The number of carbonyl (C=O) groups excluding carboxylic acids is 1. The fraction of sp³-hybridized carbons (Fsp3) is 0.0476. The van der Waals surface area contributed by atoms with Gasteiger partial charge in [0.2, 0.25) is 0 Å². The first-order chi connectivity index (χ1) is 11.7. The highest BCUT2D eigenvalue weighted by atomic mass is 79.9. The van der Waals surface area contributed by atoms with Gasteiger partial charge < -0.3 is 12.4 Å². The zero-order valence-corrected chi connectivity index (χ0v) is 15.8. The molecule has 0 bridgehead atoms. The topological polar surface area (TPSA) is 20.9 Å². The molecular formula is C21H17BrClNO. The van der Waals surface area contributed by atoms with E-state index in [2.05, 4.69) is 34.1 Å². The highest BCUT2D eigenvalue weighted by Gasteiger charge is 2.05. The van der Waals surface area contributed by atoms with E-state index in [1.54, 1.807) is 12.3 Å². The quantitative estimate of drug-likeness (QED) is 0.354. The number of carbonyl (C=O) groups is 1. The Bertz CT molecular complexity index is 878. The van der Waals surface area contributed by atoms with Crippen LogP contribution < -0.4 is 17.0 Å². The van der Waals surface area contributed by atoms with Gasteiger partial charge in [-0.05, 0) is 23.8 Å². The molecule has 0 aliphatic rings. The Morgan fingerprint density at radius 2 is 1.72 bits per heavy atom. The maximum absolute atomic E-state index is 12.2. The van der Waals surface area contributed by atoms with E-state index in [1.807, 2.05) is 65.5 Å². The SMILES string of the molecule is O=C(C=C[n+]1cccc(Cc2ccccc2)c1)c1cccc(Br)c1.[Cl-]. The van der Waals surface area contributed by atoms with Crippen molar-refractivity contribution in [3.05, 3.63) is 106 Å². The van der Waals surface area contributed by atoms with Crippen molar-refractivity contribution < 1.29 is 21.8 Å². The second kappa shape index (κ2) is 9.30. The van der Waals surface area contributed by atoms with E-state index in [1.165, 1.54) is 11.1 Å². The molecule has 126 valence electrons. The summed E-state index contributed by atoms with van der Waals surface area (Å²) in [5.41, 5.74) is 3.13. The fourth-order valence-electron chi connectivity index (χ4n) is 2.46. The zero-order chi connectivity index (χ0) is 16.8. The lowest BCUT2D eigenvalue weighted by atomic mass is 10.1. The number of ketones is 1. The molecule has 0 aliphatic heterocycles. The predicted octanol–water partition coefficient (Wildman–Crippen LogP) is 1.68. The van der Waals surface area contributed by atoms with Gasteiger partial charge in [0.1, 0.15) is 0 Å². The Kier molecular flexibility index (Phi) is 7.11. The molecule has 0 fully saturated rings. The summed E-state index contributed by atoms with van der Waals surface area (Å²) >= 11 is 3.39. The minimum Gasteiger partial charge on any atom is -1.00 e. The number of nitrogens with zero attached hydrogens (tertiary/aromatic N) is 1. The number of halogens is 2. The van der Waals surface area contributed by atoms with E-state index in [4.69, 9.17) is 0 Å². The molecule has 3 rings (SSSR count). The summed E-state index contributed by atoms with van der Waals surface area (Å²) in [6, 6.07) is 21.8. The summed E-state index contributed by atoms with van der Waals surface area (Å²) in [5, 5.41) is 0. The van der Waals surface area contributed by atoms with Crippen LogP contribution in [-0.2, 0) is 6.42 Å². The van der Waals surface area contributed by atoms with Crippen LogP contribution in [-0.4, -0.2) is 5.78 Å². The normalized spacial score (nSPS) is 10.4. The molecular weight excluding hydrogens is 398 g/mol. The Labute approximate surface area is 162 Å². The standard InChI is InChI=1S/C21H17BrNO.ClH/c22-20-10-4-9-19(15-20)21(24)11-13-23-12-5-8-18(16-23)14-17-6-2-1-3-7-17;/h1-13,15-16H,14H2;1H/q+1;/p-1. The van der Waals surface area contributed by atoms with Gasteiger partial charge in [0, 0.05) is 28.1 Å². The van der Waals surface area contributed by atoms with Crippen molar-refractivity contribution in [3.8, 4) is 0 Å². The lowest BCUT2D eigenvalue weighted by molar-refractivity contribution is -0.568. The molecule has 2 nitrogen and oxygen atoms in total. The summed E-state index contributed by atoms with van der Waals surface area (Å²) in [4.78, 5) is 12.2. The minimum absolute atomic E-state index is 0. The molecule has 0 spiro atoms. The summed E-state index contributed by atoms with van der Waals surface area (Å²) < 4.78 is 2.81. The van der Waals surface area contributed by atoms with Gasteiger partial charge in [0.25, 0.3) is 0 Å². The Morgan fingerprint density at radius 3 is 2.48 bits per heavy atom. The second-order valence-corrected chi connectivity index (χ2v) is 6.43. The molecule has 25 heavy (non-hydrogen) atoms.